The van der Waals surface area contributed by atoms with Crippen LogP contribution >= 0.6 is 11.6 Å². The van der Waals surface area contributed by atoms with E-state index in [2.05, 4.69) is 23.0 Å². The molecule has 1 heterocycles. The van der Waals surface area contributed by atoms with Gasteiger partial charge in [0.25, 0.3) is 0 Å². The topological polar surface area (TPSA) is 21.1 Å². The minimum atomic E-state index is 0.714. The minimum absolute atomic E-state index is 0.714. The third-order valence-electron chi connectivity index (χ3n) is 2.55. The number of aryl methyl sites for hydroxylation is 1. The van der Waals surface area contributed by atoms with Gasteiger partial charge in [-0.2, -0.15) is 5.10 Å². The highest BCUT2D eigenvalue weighted by atomic mass is 35.5. The van der Waals surface area contributed by atoms with E-state index in [0.29, 0.717) is 5.88 Å². The van der Waals surface area contributed by atoms with Crippen molar-refractivity contribution in [3.05, 3.63) is 18.0 Å². The van der Waals surface area contributed by atoms with E-state index in [0.717, 1.165) is 26.1 Å². The summed E-state index contributed by atoms with van der Waals surface area (Å²) >= 11 is 5.76. The molecule has 1 aromatic heterocycles. The second-order valence-corrected chi connectivity index (χ2v) is 4.10. The lowest BCUT2D eigenvalue weighted by atomic mass is 10.3. The lowest BCUT2D eigenvalue weighted by molar-refractivity contribution is 0.292. The Bertz CT molecular complexity index is 267. The highest BCUT2D eigenvalue weighted by Gasteiger charge is 2.05. The molecule has 4 heteroatoms. The monoisotopic (exact) mass is 229 g/mol. The van der Waals surface area contributed by atoms with Crippen LogP contribution in [0.15, 0.2) is 12.3 Å². The summed E-state index contributed by atoms with van der Waals surface area (Å²) in [4.78, 5) is 2.40. The van der Waals surface area contributed by atoms with E-state index in [1.165, 1.54) is 12.1 Å². The molecule has 0 atom stereocenters. The molecule has 1 aromatic rings. The van der Waals surface area contributed by atoms with E-state index in [4.69, 9.17) is 11.6 Å². The van der Waals surface area contributed by atoms with Crippen molar-refractivity contribution >= 4 is 11.6 Å². The molecule has 0 unspecified atom stereocenters. The third kappa shape index (κ3) is 4.22. The molecule has 0 aromatic carbocycles. The Kier molecular flexibility index (Phi) is 5.73. The van der Waals surface area contributed by atoms with Crippen LogP contribution in [-0.4, -0.2) is 40.2 Å². The predicted molar refractivity (Wildman–Crippen MR) is 64.4 cm³/mol. The normalized spacial score (nSPS) is 11.2. The molecule has 0 aliphatic heterocycles. The molecule has 0 aliphatic rings. The number of aromatic nitrogens is 2. The fraction of sp³-hybridized carbons (Fsp3) is 0.727. The standard InChI is InChI=1S/C11H20ClN3/c1-3-8-15(10-6-12)9-5-11-4-7-13-14(11)2/h4,7H,3,5-6,8-10H2,1-2H3. The van der Waals surface area contributed by atoms with Gasteiger partial charge in [-0.05, 0) is 19.0 Å². The van der Waals surface area contributed by atoms with Gasteiger partial charge in [-0.1, -0.05) is 6.92 Å². The van der Waals surface area contributed by atoms with Gasteiger partial charge >= 0.3 is 0 Å². The van der Waals surface area contributed by atoms with Gasteiger partial charge < -0.3 is 4.90 Å². The number of alkyl halides is 1. The Morgan fingerprint density at radius 2 is 2.20 bits per heavy atom. The number of rotatable bonds is 7. The predicted octanol–water partition coefficient (Wildman–Crippen LogP) is 1.91. The maximum absolute atomic E-state index is 5.76. The summed E-state index contributed by atoms with van der Waals surface area (Å²) in [5, 5.41) is 4.16. The van der Waals surface area contributed by atoms with Crippen LogP contribution in [0.25, 0.3) is 0 Å². The smallest absolute Gasteiger partial charge is 0.0492 e. The Hall–Kier alpha value is -0.540. The highest BCUT2D eigenvalue weighted by Crippen LogP contribution is 2.01. The summed E-state index contributed by atoms with van der Waals surface area (Å²) in [6, 6.07) is 2.07. The van der Waals surface area contributed by atoms with E-state index in [-0.39, 0.29) is 0 Å². The molecule has 0 fully saturated rings. The van der Waals surface area contributed by atoms with Crippen LogP contribution < -0.4 is 0 Å². The van der Waals surface area contributed by atoms with E-state index in [1.54, 1.807) is 0 Å². The van der Waals surface area contributed by atoms with E-state index >= 15 is 0 Å². The van der Waals surface area contributed by atoms with Crippen molar-refractivity contribution in [2.75, 3.05) is 25.5 Å². The quantitative estimate of drug-likeness (QED) is 0.667. The maximum atomic E-state index is 5.76. The lowest BCUT2D eigenvalue weighted by Gasteiger charge is -2.20. The van der Waals surface area contributed by atoms with Gasteiger partial charge in [0.2, 0.25) is 0 Å². The van der Waals surface area contributed by atoms with Gasteiger partial charge in [0.05, 0.1) is 0 Å². The van der Waals surface area contributed by atoms with Crippen LogP contribution in [0.1, 0.15) is 19.0 Å². The fourth-order valence-electron chi connectivity index (χ4n) is 1.69. The number of nitrogens with zero attached hydrogens (tertiary/aromatic N) is 3. The first kappa shape index (κ1) is 12.5. The minimum Gasteiger partial charge on any atom is -0.302 e. The van der Waals surface area contributed by atoms with Gasteiger partial charge in [-0.3, -0.25) is 4.68 Å². The summed E-state index contributed by atoms with van der Waals surface area (Å²) in [6.45, 7) is 5.38. The number of hydrogen-bond acceptors (Lipinski definition) is 2. The molecule has 86 valence electrons. The summed E-state index contributed by atoms with van der Waals surface area (Å²) in [7, 11) is 1.99. The molecule has 0 saturated heterocycles. The molecule has 1 rings (SSSR count). The van der Waals surface area contributed by atoms with Crippen molar-refractivity contribution in [2.24, 2.45) is 7.05 Å². The van der Waals surface area contributed by atoms with Crippen LogP contribution in [0, 0.1) is 0 Å². The number of halogens is 1. The van der Waals surface area contributed by atoms with Crippen LogP contribution in [0.4, 0.5) is 0 Å². The molecule has 0 amide bonds. The summed E-state index contributed by atoms with van der Waals surface area (Å²) in [5.74, 6) is 0.714. The first-order valence-electron chi connectivity index (χ1n) is 5.53. The average molecular weight is 230 g/mol. The molecule has 0 bridgehead atoms. The zero-order valence-corrected chi connectivity index (χ0v) is 10.4. The number of hydrogen-bond donors (Lipinski definition) is 0. The van der Waals surface area contributed by atoms with Gasteiger partial charge in [-0.25, -0.2) is 0 Å². The summed E-state index contributed by atoms with van der Waals surface area (Å²) in [6.07, 6.45) is 4.08. The van der Waals surface area contributed by atoms with Gasteiger partial charge in [0.15, 0.2) is 0 Å². The molecule has 0 aliphatic carbocycles. The molecule has 0 N–H and O–H groups in total. The van der Waals surface area contributed by atoms with Crippen LogP contribution in [0.2, 0.25) is 0 Å². The SMILES string of the molecule is CCCN(CCCl)CCc1ccnn1C. The zero-order chi connectivity index (χ0) is 11.1. The van der Waals surface area contributed by atoms with Gasteiger partial charge in [0.1, 0.15) is 0 Å². The van der Waals surface area contributed by atoms with Crippen molar-refractivity contribution in [3.8, 4) is 0 Å². The lowest BCUT2D eigenvalue weighted by Crippen LogP contribution is -2.29. The zero-order valence-electron chi connectivity index (χ0n) is 9.62. The fourth-order valence-corrected chi connectivity index (χ4v) is 1.93. The Balaban J connectivity index is 2.36. The largest absolute Gasteiger partial charge is 0.302 e. The van der Waals surface area contributed by atoms with Crippen molar-refractivity contribution in [1.82, 2.24) is 14.7 Å². The van der Waals surface area contributed by atoms with Crippen LogP contribution in [0.3, 0.4) is 0 Å². The Morgan fingerprint density at radius 1 is 1.40 bits per heavy atom. The first-order valence-corrected chi connectivity index (χ1v) is 6.06. The van der Waals surface area contributed by atoms with Gasteiger partial charge in [-0.15, -0.1) is 11.6 Å². The Labute approximate surface area is 97.0 Å². The second-order valence-electron chi connectivity index (χ2n) is 3.73. The highest BCUT2D eigenvalue weighted by molar-refractivity contribution is 6.18. The average Bonchev–Trinajstić information content (AvgIpc) is 2.61. The molecule has 0 radical (unpaired) electrons. The molecular formula is C11H20ClN3. The van der Waals surface area contributed by atoms with E-state index in [1.807, 2.05) is 17.9 Å². The second kappa shape index (κ2) is 6.85. The maximum Gasteiger partial charge on any atom is 0.0492 e. The van der Waals surface area contributed by atoms with Crippen LogP contribution in [-0.2, 0) is 13.5 Å². The first-order chi connectivity index (χ1) is 7.27. The molecule has 0 saturated carbocycles. The Morgan fingerprint density at radius 3 is 2.73 bits per heavy atom. The van der Waals surface area contributed by atoms with Crippen molar-refractivity contribution in [1.29, 1.82) is 0 Å². The molecule has 15 heavy (non-hydrogen) atoms. The van der Waals surface area contributed by atoms with Gasteiger partial charge in [0, 0.05) is 44.3 Å². The van der Waals surface area contributed by atoms with Crippen LogP contribution in [0.5, 0.6) is 0 Å². The van der Waals surface area contributed by atoms with Crippen molar-refractivity contribution in [2.45, 2.75) is 19.8 Å². The van der Waals surface area contributed by atoms with Crippen molar-refractivity contribution in [3.63, 3.8) is 0 Å². The van der Waals surface area contributed by atoms with Crippen molar-refractivity contribution < 1.29 is 0 Å². The van der Waals surface area contributed by atoms with E-state index < -0.39 is 0 Å². The molecular weight excluding hydrogens is 210 g/mol. The van der Waals surface area contributed by atoms with E-state index in [9.17, 15) is 0 Å². The molecule has 3 nitrogen and oxygen atoms in total. The summed E-state index contributed by atoms with van der Waals surface area (Å²) < 4.78 is 1.94. The summed E-state index contributed by atoms with van der Waals surface area (Å²) in [5.41, 5.74) is 1.28. The molecule has 0 spiro atoms. The third-order valence-corrected chi connectivity index (χ3v) is 2.72.